The summed E-state index contributed by atoms with van der Waals surface area (Å²) in [5.41, 5.74) is 5.40. The minimum absolute atomic E-state index is 0. The van der Waals surface area contributed by atoms with Crippen molar-refractivity contribution in [2.45, 2.75) is 43.9 Å². The second-order valence-electron chi connectivity index (χ2n) is 10.3. The van der Waals surface area contributed by atoms with E-state index in [1.807, 2.05) is 36.7 Å². The minimum atomic E-state index is -4.60. The van der Waals surface area contributed by atoms with Crippen LogP contribution in [-0.2, 0) is 26.1 Å². The number of fused-ring (bicyclic) bond motifs is 3. The number of benzene rings is 2. The number of aromatic nitrogens is 5. The van der Waals surface area contributed by atoms with Crippen LogP contribution in [0.2, 0.25) is 0 Å². The molecule has 0 bridgehead atoms. The zero-order valence-corrected chi connectivity index (χ0v) is 26.3. The molecule has 0 saturated heterocycles. The van der Waals surface area contributed by atoms with E-state index in [4.69, 9.17) is 4.42 Å². The lowest BCUT2D eigenvalue weighted by molar-refractivity contribution is -0.156. The largest absolute Gasteiger partial charge is 0.468 e. The summed E-state index contributed by atoms with van der Waals surface area (Å²) >= 11 is 5.21. The predicted octanol–water partition coefficient (Wildman–Crippen LogP) is 7.66. The van der Waals surface area contributed by atoms with E-state index in [2.05, 4.69) is 53.1 Å². The molecule has 1 aliphatic heterocycles. The molecule has 1 aliphatic rings. The van der Waals surface area contributed by atoms with E-state index in [0.717, 1.165) is 95.3 Å². The summed E-state index contributed by atoms with van der Waals surface area (Å²) in [5.74, 6) is 0.563. The van der Waals surface area contributed by atoms with Crippen molar-refractivity contribution < 1.29 is 17.6 Å². The molecule has 13 heteroatoms. The third-order valence-corrected chi connectivity index (χ3v) is 9.43. The summed E-state index contributed by atoms with van der Waals surface area (Å²) in [6, 6.07) is 11.9. The van der Waals surface area contributed by atoms with Gasteiger partial charge >= 0.3 is 12.1 Å². The maximum absolute atomic E-state index is 13.1. The van der Waals surface area contributed by atoms with Gasteiger partial charge in [0.15, 0.2) is 16.6 Å². The van der Waals surface area contributed by atoms with Crippen molar-refractivity contribution in [3.63, 3.8) is 0 Å². The number of unbranched alkanes of at least 4 members (excludes halogenated alkanes) is 1. The van der Waals surface area contributed by atoms with Gasteiger partial charge in [-0.05, 0) is 84.4 Å². The smallest absolute Gasteiger partial charge is 0.432 e. The molecule has 222 valence electrons. The Bertz CT molecular complexity index is 1740. The van der Waals surface area contributed by atoms with Gasteiger partial charge in [-0.2, -0.15) is 13.2 Å². The SMILES string of the molecule is Cc1ccc2c(-c3nnc(SCCCCN4CCc5cc6nc(C(F)(F)F)oc6c(Br)c5CC4)n3C)cccc2n1.Cl. The summed E-state index contributed by atoms with van der Waals surface area (Å²) in [4.78, 5) is 10.7. The summed E-state index contributed by atoms with van der Waals surface area (Å²) in [6.45, 7) is 4.65. The van der Waals surface area contributed by atoms with Gasteiger partial charge in [0.05, 0.1) is 9.99 Å². The van der Waals surface area contributed by atoms with E-state index in [1.54, 1.807) is 17.8 Å². The van der Waals surface area contributed by atoms with Gasteiger partial charge in [-0.1, -0.05) is 30.0 Å². The Kier molecular flexibility index (Phi) is 9.17. The molecule has 0 fully saturated rings. The molecule has 0 spiro atoms. The fourth-order valence-electron chi connectivity index (χ4n) is 5.34. The Morgan fingerprint density at radius 3 is 2.64 bits per heavy atom. The normalized spacial score (nSPS) is 14.2. The van der Waals surface area contributed by atoms with E-state index in [-0.39, 0.29) is 23.5 Å². The molecule has 2 aromatic carbocycles. The fourth-order valence-corrected chi connectivity index (χ4v) is 6.99. The molecule has 3 aromatic heterocycles. The fraction of sp³-hybridized carbons (Fsp3) is 0.379. The number of hydrogen-bond donors (Lipinski definition) is 0. The first kappa shape index (κ1) is 30.8. The number of hydrogen-bond acceptors (Lipinski definition) is 7. The molecule has 42 heavy (non-hydrogen) atoms. The Labute approximate surface area is 259 Å². The highest BCUT2D eigenvalue weighted by Gasteiger charge is 2.38. The van der Waals surface area contributed by atoms with E-state index < -0.39 is 12.1 Å². The standard InChI is InChI=1S/C29H28BrF3N6OS.ClH/c1-17-8-9-20-21(6-5-7-22(20)34-17)26-36-37-28(38(26)2)41-15-4-3-12-39-13-10-18-16-23-25(24(30)19(18)11-14-39)40-27(35-23)29(31,32)33;/h5-9,16H,3-4,10-15H2,1-2H3;1H. The van der Waals surface area contributed by atoms with Gasteiger partial charge in [-0.15, -0.1) is 22.6 Å². The number of nitrogens with zero attached hydrogens (tertiary/aromatic N) is 6. The van der Waals surface area contributed by atoms with Crippen LogP contribution in [0.5, 0.6) is 0 Å². The molecule has 0 unspecified atom stereocenters. The van der Waals surface area contributed by atoms with Crippen molar-refractivity contribution in [3.05, 3.63) is 63.6 Å². The van der Waals surface area contributed by atoms with Gasteiger partial charge in [-0.3, -0.25) is 4.98 Å². The van der Waals surface area contributed by atoms with Gasteiger partial charge in [-0.25, -0.2) is 4.98 Å². The van der Waals surface area contributed by atoms with Crippen molar-refractivity contribution in [2.75, 3.05) is 25.4 Å². The highest BCUT2D eigenvalue weighted by Crippen LogP contribution is 2.37. The maximum Gasteiger partial charge on any atom is 0.468 e. The summed E-state index contributed by atoms with van der Waals surface area (Å²) in [6.07, 6.45) is -1.02. The number of oxazole rings is 1. The lowest BCUT2D eigenvalue weighted by atomic mass is 10.0. The number of halogens is 5. The number of alkyl halides is 3. The average molecular weight is 682 g/mol. The Hall–Kier alpha value is -2.67. The third kappa shape index (κ3) is 6.17. The molecule has 0 atom stereocenters. The van der Waals surface area contributed by atoms with Crippen LogP contribution in [0.1, 0.15) is 35.6 Å². The van der Waals surface area contributed by atoms with Crippen molar-refractivity contribution in [3.8, 4) is 11.4 Å². The zero-order chi connectivity index (χ0) is 28.7. The molecule has 0 saturated carbocycles. The highest BCUT2D eigenvalue weighted by molar-refractivity contribution is 9.10. The van der Waals surface area contributed by atoms with Crippen LogP contribution in [0.15, 0.2) is 50.4 Å². The van der Waals surface area contributed by atoms with Gasteiger partial charge in [0, 0.05) is 42.5 Å². The molecule has 0 amide bonds. The van der Waals surface area contributed by atoms with E-state index in [1.165, 1.54) is 0 Å². The lowest BCUT2D eigenvalue weighted by Crippen LogP contribution is -2.27. The first-order valence-corrected chi connectivity index (χ1v) is 15.3. The van der Waals surface area contributed by atoms with Crippen LogP contribution in [0.4, 0.5) is 13.2 Å². The Balaban J connectivity index is 0.00000353. The molecular weight excluding hydrogens is 653 g/mol. The van der Waals surface area contributed by atoms with E-state index in [0.29, 0.717) is 4.47 Å². The number of rotatable bonds is 7. The number of aryl methyl sites for hydroxylation is 1. The second kappa shape index (κ2) is 12.5. The Morgan fingerprint density at radius 1 is 1.02 bits per heavy atom. The number of pyridine rings is 1. The lowest BCUT2D eigenvalue weighted by Gasteiger charge is -2.19. The number of thioether (sulfide) groups is 1. The van der Waals surface area contributed by atoms with Gasteiger partial charge in [0.1, 0.15) is 5.52 Å². The predicted molar refractivity (Wildman–Crippen MR) is 164 cm³/mol. The van der Waals surface area contributed by atoms with Crippen molar-refractivity contribution >= 4 is 62.1 Å². The highest BCUT2D eigenvalue weighted by atomic mass is 79.9. The van der Waals surface area contributed by atoms with Crippen LogP contribution in [0.3, 0.4) is 0 Å². The van der Waals surface area contributed by atoms with Crippen LogP contribution < -0.4 is 0 Å². The quantitative estimate of drug-likeness (QED) is 0.129. The van der Waals surface area contributed by atoms with Crippen molar-refractivity contribution in [1.82, 2.24) is 29.6 Å². The molecule has 0 N–H and O–H groups in total. The van der Waals surface area contributed by atoms with Gasteiger partial charge in [0.25, 0.3) is 0 Å². The molecule has 4 heterocycles. The van der Waals surface area contributed by atoms with Crippen LogP contribution >= 0.6 is 40.1 Å². The van der Waals surface area contributed by atoms with E-state index >= 15 is 0 Å². The third-order valence-electron chi connectivity index (χ3n) is 7.48. The molecular formula is C29H29BrClF3N6OS. The topological polar surface area (TPSA) is 72.9 Å². The van der Waals surface area contributed by atoms with Crippen molar-refractivity contribution in [2.24, 2.45) is 7.05 Å². The van der Waals surface area contributed by atoms with Crippen LogP contribution in [0, 0.1) is 6.92 Å². The van der Waals surface area contributed by atoms with E-state index in [9.17, 15) is 13.2 Å². The molecule has 7 nitrogen and oxygen atoms in total. The molecule has 0 radical (unpaired) electrons. The zero-order valence-electron chi connectivity index (χ0n) is 23.0. The first-order valence-electron chi connectivity index (χ1n) is 13.5. The monoisotopic (exact) mass is 680 g/mol. The van der Waals surface area contributed by atoms with Gasteiger partial charge in [0.2, 0.25) is 0 Å². The van der Waals surface area contributed by atoms with Crippen LogP contribution in [-0.4, -0.2) is 55.0 Å². The maximum atomic E-state index is 13.1. The summed E-state index contributed by atoms with van der Waals surface area (Å²) in [5, 5.41) is 10.9. The van der Waals surface area contributed by atoms with Gasteiger partial charge < -0.3 is 13.9 Å². The molecule has 0 aliphatic carbocycles. The minimum Gasteiger partial charge on any atom is -0.432 e. The average Bonchev–Trinajstić information content (AvgIpc) is 3.47. The first-order chi connectivity index (χ1) is 19.7. The summed E-state index contributed by atoms with van der Waals surface area (Å²) in [7, 11) is 2.00. The molecule has 5 aromatic rings. The van der Waals surface area contributed by atoms with Crippen LogP contribution in [0.25, 0.3) is 33.4 Å². The summed E-state index contributed by atoms with van der Waals surface area (Å²) < 4.78 is 47.0. The Morgan fingerprint density at radius 2 is 1.83 bits per heavy atom. The molecule has 6 rings (SSSR count). The second-order valence-corrected chi connectivity index (χ2v) is 12.1. The van der Waals surface area contributed by atoms with Crippen molar-refractivity contribution in [1.29, 1.82) is 0 Å².